The Labute approximate surface area is 215 Å². The van der Waals surface area contributed by atoms with Gasteiger partial charge in [-0.25, -0.2) is 0 Å². The monoisotopic (exact) mass is 507 g/mol. The van der Waals surface area contributed by atoms with Crippen LogP contribution in [-0.4, -0.2) is 51.7 Å². The van der Waals surface area contributed by atoms with Crippen molar-refractivity contribution in [2.75, 3.05) is 40.9 Å². The van der Waals surface area contributed by atoms with Crippen LogP contribution in [0.25, 0.3) is 18.2 Å². The van der Waals surface area contributed by atoms with Gasteiger partial charge in [0.1, 0.15) is 0 Å². The number of aromatic hydroxyl groups is 2. The van der Waals surface area contributed by atoms with Crippen molar-refractivity contribution in [1.29, 1.82) is 0 Å². The molecule has 0 fully saturated rings. The molecule has 0 heterocycles. The van der Waals surface area contributed by atoms with Crippen LogP contribution in [-0.2, 0) is 4.79 Å². The lowest BCUT2D eigenvalue weighted by Crippen LogP contribution is -2.09. The van der Waals surface area contributed by atoms with E-state index in [1.807, 2.05) is 0 Å². The predicted octanol–water partition coefficient (Wildman–Crippen LogP) is 4.96. The fourth-order valence-corrected chi connectivity index (χ4v) is 3.59. The molecule has 0 bridgehead atoms. The van der Waals surface area contributed by atoms with E-state index in [1.54, 1.807) is 42.5 Å². The van der Waals surface area contributed by atoms with Crippen molar-refractivity contribution in [3.05, 3.63) is 65.2 Å². The second-order valence-corrected chi connectivity index (χ2v) is 7.67. The van der Waals surface area contributed by atoms with Crippen molar-refractivity contribution >= 4 is 29.8 Å². The molecule has 3 N–H and O–H groups in total. The lowest BCUT2D eigenvalue weighted by molar-refractivity contribution is -0.111. The summed E-state index contributed by atoms with van der Waals surface area (Å²) < 4.78 is 26.4. The SMILES string of the molecule is COc1ccc(/C=C/C(=O)Nc2cc(/C=C/c3cc(OC)c(OC)c(OC)c3)cc(O)c2OC)cc1O. The number of hydrogen-bond donors (Lipinski definition) is 3. The molecule has 0 spiro atoms. The molecule has 9 heteroatoms. The molecule has 1 amide bonds. The number of carbonyl (C=O) groups excluding carboxylic acids is 1. The largest absolute Gasteiger partial charge is 0.504 e. The van der Waals surface area contributed by atoms with E-state index in [1.165, 1.54) is 59.8 Å². The molecule has 3 aromatic carbocycles. The number of phenolic OH excluding ortho intramolecular Hbond substituents is 2. The van der Waals surface area contributed by atoms with Crippen LogP contribution in [0.5, 0.6) is 40.2 Å². The van der Waals surface area contributed by atoms with Crippen LogP contribution >= 0.6 is 0 Å². The maximum atomic E-state index is 12.6. The van der Waals surface area contributed by atoms with E-state index in [0.29, 0.717) is 34.1 Å². The number of hydrogen-bond acceptors (Lipinski definition) is 8. The van der Waals surface area contributed by atoms with Crippen LogP contribution in [0.15, 0.2) is 48.5 Å². The van der Waals surface area contributed by atoms with Gasteiger partial charge >= 0.3 is 0 Å². The van der Waals surface area contributed by atoms with Gasteiger partial charge in [0.05, 0.1) is 41.2 Å². The zero-order valence-corrected chi connectivity index (χ0v) is 21.2. The topological polar surface area (TPSA) is 116 Å². The summed E-state index contributed by atoms with van der Waals surface area (Å²) in [7, 11) is 7.45. The summed E-state index contributed by atoms with van der Waals surface area (Å²) in [5.41, 5.74) is 2.25. The number of anilines is 1. The number of benzene rings is 3. The Balaban J connectivity index is 1.85. The van der Waals surface area contributed by atoms with Crippen LogP contribution < -0.4 is 29.0 Å². The molecule has 0 aliphatic rings. The van der Waals surface area contributed by atoms with Crippen LogP contribution in [0.3, 0.4) is 0 Å². The van der Waals surface area contributed by atoms with Gasteiger partial charge in [0.2, 0.25) is 11.7 Å². The Morgan fingerprint density at radius 3 is 1.76 bits per heavy atom. The van der Waals surface area contributed by atoms with Crippen LogP contribution in [0.4, 0.5) is 5.69 Å². The Bertz CT molecular complexity index is 1300. The lowest BCUT2D eigenvalue weighted by atomic mass is 10.1. The highest BCUT2D eigenvalue weighted by atomic mass is 16.5. The molecule has 0 saturated carbocycles. The molecular weight excluding hydrogens is 478 g/mol. The summed E-state index contributed by atoms with van der Waals surface area (Å²) in [6.45, 7) is 0. The summed E-state index contributed by atoms with van der Waals surface area (Å²) in [6, 6.07) is 11.5. The molecule has 194 valence electrons. The minimum absolute atomic E-state index is 0.0387. The molecule has 37 heavy (non-hydrogen) atoms. The molecule has 9 nitrogen and oxygen atoms in total. The maximum Gasteiger partial charge on any atom is 0.248 e. The average molecular weight is 508 g/mol. The molecule has 0 aliphatic carbocycles. The highest BCUT2D eigenvalue weighted by Crippen LogP contribution is 2.39. The van der Waals surface area contributed by atoms with Gasteiger partial charge in [-0.05, 0) is 59.2 Å². The van der Waals surface area contributed by atoms with Gasteiger partial charge in [-0.15, -0.1) is 0 Å². The van der Waals surface area contributed by atoms with Gasteiger partial charge in [0, 0.05) is 6.08 Å². The first kappa shape index (κ1) is 26.8. The molecule has 0 aliphatic heterocycles. The molecule has 0 aromatic heterocycles. The van der Waals surface area contributed by atoms with Gasteiger partial charge in [-0.1, -0.05) is 18.2 Å². The lowest BCUT2D eigenvalue weighted by Gasteiger charge is -2.13. The molecule has 0 radical (unpaired) electrons. The van der Waals surface area contributed by atoms with Crippen LogP contribution in [0, 0.1) is 0 Å². The number of phenols is 2. The van der Waals surface area contributed by atoms with E-state index < -0.39 is 5.91 Å². The van der Waals surface area contributed by atoms with E-state index in [0.717, 1.165) is 5.56 Å². The third-order valence-corrected chi connectivity index (χ3v) is 5.34. The van der Waals surface area contributed by atoms with Crippen molar-refractivity contribution in [3.63, 3.8) is 0 Å². The number of rotatable bonds is 10. The van der Waals surface area contributed by atoms with Gasteiger partial charge in [-0.2, -0.15) is 0 Å². The molecule has 0 unspecified atom stereocenters. The van der Waals surface area contributed by atoms with Crippen molar-refractivity contribution in [2.45, 2.75) is 0 Å². The summed E-state index contributed by atoms with van der Waals surface area (Å²) in [4.78, 5) is 12.6. The molecule has 3 rings (SSSR count). The second kappa shape index (κ2) is 12.3. The van der Waals surface area contributed by atoms with Gasteiger partial charge in [-0.3, -0.25) is 4.79 Å². The summed E-state index contributed by atoms with van der Waals surface area (Å²) >= 11 is 0. The first-order chi connectivity index (χ1) is 17.8. The van der Waals surface area contributed by atoms with Crippen LogP contribution in [0.2, 0.25) is 0 Å². The Kier molecular flexibility index (Phi) is 8.88. The highest BCUT2D eigenvalue weighted by molar-refractivity contribution is 6.03. The Morgan fingerprint density at radius 1 is 0.649 bits per heavy atom. The predicted molar refractivity (Wildman–Crippen MR) is 142 cm³/mol. The standard InChI is InChI=1S/C28H29NO8/c1-33-23-10-8-17(13-21(23)30)9-11-26(32)29-20-12-18(14-22(31)27(20)36-4)6-7-19-15-24(34-2)28(37-5)25(16-19)35-3/h6-16,30-31H,1-5H3,(H,29,32)/b7-6+,11-9+. The molecular formula is C28H29NO8. The quantitative estimate of drug-likeness (QED) is 0.260. The van der Waals surface area contributed by atoms with E-state index in [9.17, 15) is 15.0 Å². The van der Waals surface area contributed by atoms with Crippen LogP contribution in [0.1, 0.15) is 16.7 Å². The second-order valence-electron chi connectivity index (χ2n) is 7.67. The molecule has 0 atom stereocenters. The zero-order valence-electron chi connectivity index (χ0n) is 21.2. The maximum absolute atomic E-state index is 12.6. The van der Waals surface area contributed by atoms with Crippen molar-refractivity contribution in [1.82, 2.24) is 0 Å². The Morgan fingerprint density at radius 2 is 1.22 bits per heavy atom. The van der Waals surface area contributed by atoms with Crippen molar-refractivity contribution < 1.29 is 38.7 Å². The van der Waals surface area contributed by atoms with E-state index in [2.05, 4.69) is 5.32 Å². The fourth-order valence-electron chi connectivity index (χ4n) is 3.59. The minimum Gasteiger partial charge on any atom is -0.504 e. The minimum atomic E-state index is -0.459. The normalized spacial score (nSPS) is 10.9. The van der Waals surface area contributed by atoms with Crippen molar-refractivity contribution in [3.8, 4) is 40.2 Å². The van der Waals surface area contributed by atoms with E-state index in [-0.39, 0.29) is 22.9 Å². The summed E-state index contributed by atoms with van der Waals surface area (Å²) in [5.74, 6) is 1.29. The molecule has 0 saturated heterocycles. The van der Waals surface area contributed by atoms with Gasteiger partial charge in [0.15, 0.2) is 34.5 Å². The van der Waals surface area contributed by atoms with E-state index in [4.69, 9.17) is 23.7 Å². The fraction of sp³-hybridized carbons (Fsp3) is 0.179. The number of methoxy groups -OCH3 is 5. The first-order valence-electron chi connectivity index (χ1n) is 11.1. The number of nitrogens with one attached hydrogen (secondary N) is 1. The number of carbonyl (C=O) groups is 1. The summed E-state index contributed by atoms with van der Waals surface area (Å²) in [5, 5.41) is 23.1. The highest BCUT2D eigenvalue weighted by Gasteiger charge is 2.14. The zero-order chi connectivity index (χ0) is 26.9. The summed E-state index contributed by atoms with van der Waals surface area (Å²) in [6.07, 6.45) is 6.39. The molecule has 3 aromatic rings. The first-order valence-corrected chi connectivity index (χ1v) is 11.1. The third kappa shape index (κ3) is 6.46. The number of amides is 1. The third-order valence-electron chi connectivity index (χ3n) is 5.34. The van der Waals surface area contributed by atoms with Gasteiger partial charge in [0.25, 0.3) is 0 Å². The number of ether oxygens (including phenoxy) is 5. The van der Waals surface area contributed by atoms with Crippen molar-refractivity contribution in [2.24, 2.45) is 0 Å². The Hall–Kier alpha value is -4.79. The smallest absolute Gasteiger partial charge is 0.248 e. The van der Waals surface area contributed by atoms with Gasteiger partial charge < -0.3 is 39.2 Å². The van der Waals surface area contributed by atoms with E-state index >= 15 is 0 Å². The average Bonchev–Trinajstić information content (AvgIpc) is 2.90.